The Labute approximate surface area is 154 Å². The first-order chi connectivity index (χ1) is 11.7. The summed E-state index contributed by atoms with van der Waals surface area (Å²) in [4.78, 5) is 0. The minimum absolute atomic E-state index is 1.40. The lowest BCUT2D eigenvalue weighted by atomic mass is 9.97. The van der Waals surface area contributed by atoms with Crippen LogP contribution in [0, 0.1) is 13.8 Å². The van der Waals surface area contributed by atoms with E-state index in [0.717, 1.165) is 0 Å². The zero-order valence-electron chi connectivity index (χ0n) is 13.1. The molecule has 116 valence electrons. The molecule has 0 saturated carbocycles. The second-order valence-corrected chi connectivity index (χ2v) is 10.2. The highest BCUT2D eigenvalue weighted by Gasteiger charge is 2.21. The van der Waals surface area contributed by atoms with Crippen molar-refractivity contribution in [2.24, 2.45) is 0 Å². The number of rotatable bonds is 0. The first kappa shape index (κ1) is 13.8. The van der Waals surface area contributed by atoms with Crippen molar-refractivity contribution in [2.45, 2.75) is 13.8 Å². The van der Waals surface area contributed by atoms with Crippen molar-refractivity contribution < 1.29 is 0 Å². The SMILES string of the molecule is Cc1ccc(C)c2c3sc4ccsc4c3c3c4sccc4sc3c12. The molecule has 2 aromatic carbocycles. The molecule has 0 aliphatic rings. The predicted molar refractivity (Wildman–Crippen MR) is 115 cm³/mol. The zero-order chi connectivity index (χ0) is 16.0. The molecule has 4 aromatic heterocycles. The van der Waals surface area contributed by atoms with E-state index >= 15 is 0 Å². The first-order valence-corrected chi connectivity index (χ1v) is 11.2. The number of hydrogen-bond donors (Lipinski definition) is 0. The third kappa shape index (κ3) is 1.53. The Balaban J connectivity index is 2.13. The maximum Gasteiger partial charge on any atom is 0.0536 e. The Hall–Kier alpha value is -1.46. The van der Waals surface area contributed by atoms with Gasteiger partial charge in [0.25, 0.3) is 0 Å². The van der Waals surface area contributed by atoms with Crippen molar-refractivity contribution in [3.05, 3.63) is 46.2 Å². The Morgan fingerprint density at radius 1 is 0.542 bits per heavy atom. The molecule has 0 spiro atoms. The van der Waals surface area contributed by atoms with Crippen LogP contribution in [0.25, 0.3) is 49.7 Å². The van der Waals surface area contributed by atoms with Gasteiger partial charge in [-0.1, -0.05) is 12.1 Å². The van der Waals surface area contributed by atoms with Gasteiger partial charge >= 0.3 is 0 Å². The lowest BCUT2D eigenvalue weighted by Crippen LogP contribution is -1.84. The van der Waals surface area contributed by atoms with Crippen LogP contribution in [0.1, 0.15) is 11.1 Å². The summed E-state index contributed by atoms with van der Waals surface area (Å²) in [5.74, 6) is 0. The Morgan fingerprint density at radius 3 is 1.46 bits per heavy atom. The second kappa shape index (κ2) is 4.58. The van der Waals surface area contributed by atoms with Gasteiger partial charge in [-0.05, 0) is 47.9 Å². The van der Waals surface area contributed by atoms with E-state index in [1.807, 2.05) is 45.3 Å². The molecule has 6 aromatic rings. The molecule has 0 unspecified atom stereocenters. The smallest absolute Gasteiger partial charge is 0.0536 e. The molecule has 0 N–H and O–H groups in total. The molecule has 24 heavy (non-hydrogen) atoms. The topological polar surface area (TPSA) is 0 Å². The average Bonchev–Trinajstić information content (AvgIpc) is 3.28. The van der Waals surface area contributed by atoms with Gasteiger partial charge in [-0.15, -0.1) is 45.3 Å². The quantitative estimate of drug-likeness (QED) is 0.248. The summed E-state index contributed by atoms with van der Waals surface area (Å²) in [6, 6.07) is 9.14. The minimum Gasteiger partial charge on any atom is -0.142 e. The number of fused-ring (bicyclic) bond motifs is 10. The summed E-state index contributed by atoms with van der Waals surface area (Å²) in [6.07, 6.45) is 0. The van der Waals surface area contributed by atoms with Crippen LogP contribution in [0.3, 0.4) is 0 Å². The molecule has 0 amide bonds. The van der Waals surface area contributed by atoms with Gasteiger partial charge in [-0.3, -0.25) is 0 Å². The molecule has 0 bridgehead atoms. The molecule has 0 aliphatic carbocycles. The molecule has 0 fully saturated rings. The van der Waals surface area contributed by atoms with Crippen LogP contribution in [-0.2, 0) is 0 Å². The summed E-state index contributed by atoms with van der Waals surface area (Å²) in [7, 11) is 0. The molecular weight excluding hydrogens is 368 g/mol. The Kier molecular flexibility index (Phi) is 2.63. The van der Waals surface area contributed by atoms with Gasteiger partial charge in [0.1, 0.15) is 0 Å². The molecule has 4 heteroatoms. The average molecular weight is 381 g/mol. The lowest BCUT2D eigenvalue weighted by Gasteiger charge is -2.09. The van der Waals surface area contributed by atoms with Gasteiger partial charge in [0, 0.05) is 40.3 Å². The largest absolute Gasteiger partial charge is 0.142 e. The Morgan fingerprint density at radius 2 is 1.00 bits per heavy atom. The number of aryl methyl sites for hydroxylation is 2. The standard InChI is InChI=1S/C20H12S4/c1-9-3-4-10(2)14-13(9)19-15(17-11(23-19)5-7-21-17)16-18-12(6-8-22-18)24-20(14)16/h3-8H,1-2H3. The monoisotopic (exact) mass is 380 g/mol. The minimum atomic E-state index is 1.40. The van der Waals surface area contributed by atoms with Crippen LogP contribution in [0.4, 0.5) is 0 Å². The van der Waals surface area contributed by atoms with E-state index in [1.165, 1.54) is 60.9 Å². The lowest BCUT2D eigenvalue weighted by molar-refractivity contribution is 1.48. The van der Waals surface area contributed by atoms with Crippen LogP contribution in [0.5, 0.6) is 0 Å². The van der Waals surface area contributed by atoms with Gasteiger partial charge in [0.05, 0.1) is 9.40 Å². The third-order valence-corrected chi connectivity index (χ3v) is 9.38. The van der Waals surface area contributed by atoms with Crippen molar-refractivity contribution in [1.82, 2.24) is 0 Å². The Bertz CT molecular complexity index is 1310. The number of benzene rings is 2. The zero-order valence-corrected chi connectivity index (χ0v) is 16.4. The first-order valence-electron chi connectivity index (χ1n) is 7.85. The summed E-state index contributed by atoms with van der Waals surface area (Å²) < 4.78 is 8.76. The van der Waals surface area contributed by atoms with Crippen LogP contribution in [0.15, 0.2) is 35.0 Å². The van der Waals surface area contributed by atoms with Crippen LogP contribution in [-0.4, -0.2) is 0 Å². The van der Waals surface area contributed by atoms with Crippen molar-refractivity contribution in [3.8, 4) is 0 Å². The predicted octanol–water partition coefficient (Wildman–Crippen LogP) is 8.32. The fourth-order valence-corrected chi connectivity index (χ4v) is 8.83. The molecule has 0 saturated heterocycles. The summed E-state index contributed by atoms with van der Waals surface area (Å²) in [6.45, 7) is 4.52. The molecule has 4 heterocycles. The van der Waals surface area contributed by atoms with Crippen LogP contribution < -0.4 is 0 Å². The molecule has 0 aliphatic heterocycles. The van der Waals surface area contributed by atoms with E-state index in [4.69, 9.17) is 0 Å². The molecular formula is C20H12S4. The normalized spacial score (nSPS) is 12.6. The molecule has 0 radical (unpaired) electrons. The van der Waals surface area contributed by atoms with E-state index in [2.05, 4.69) is 48.9 Å². The molecule has 0 atom stereocenters. The van der Waals surface area contributed by atoms with E-state index in [9.17, 15) is 0 Å². The number of thiophene rings is 4. The van der Waals surface area contributed by atoms with E-state index in [1.54, 1.807) is 0 Å². The highest BCUT2D eigenvalue weighted by atomic mass is 32.1. The van der Waals surface area contributed by atoms with Gasteiger partial charge in [-0.2, -0.15) is 0 Å². The van der Waals surface area contributed by atoms with Gasteiger partial charge in [0.15, 0.2) is 0 Å². The van der Waals surface area contributed by atoms with Crippen molar-refractivity contribution >= 4 is 95.1 Å². The van der Waals surface area contributed by atoms with E-state index in [0.29, 0.717) is 0 Å². The van der Waals surface area contributed by atoms with Crippen molar-refractivity contribution in [3.63, 3.8) is 0 Å². The maximum atomic E-state index is 2.28. The summed E-state index contributed by atoms with van der Waals surface area (Å²) in [5, 5.41) is 10.4. The summed E-state index contributed by atoms with van der Waals surface area (Å²) in [5.41, 5.74) is 2.79. The third-order valence-electron chi connectivity index (χ3n) is 4.92. The van der Waals surface area contributed by atoms with Crippen LogP contribution in [0.2, 0.25) is 0 Å². The van der Waals surface area contributed by atoms with Gasteiger partial charge in [0.2, 0.25) is 0 Å². The fourth-order valence-electron chi connectivity index (χ4n) is 3.85. The summed E-state index contributed by atoms with van der Waals surface area (Å²) >= 11 is 7.72. The van der Waals surface area contributed by atoms with Gasteiger partial charge < -0.3 is 0 Å². The van der Waals surface area contributed by atoms with E-state index < -0.39 is 0 Å². The van der Waals surface area contributed by atoms with Crippen molar-refractivity contribution in [2.75, 3.05) is 0 Å². The maximum absolute atomic E-state index is 2.28. The molecule has 0 nitrogen and oxygen atoms in total. The number of hydrogen-bond acceptors (Lipinski definition) is 4. The van der Waals surface area contributed by atoms with Gasteiger partial charge in [-0.25, -0.2) is 0 Å². The highest BCUT2D eigenvalue weighted by Crippen LogP contribution is 2.52. The second-order valence-electron chi connectivity index (χ2n) is 6.29. The highest BCUT2D eigenvalue weighted by molar-refractivity contribution is 7.35. The van der Waals surface area contributed by atoms with E-state index in [-0.39, 0.29) is 0 Å². The van der Waals surface area contributed by atoms with Crippen molar-refractivity contribution in [1.29, 1.82) is 0 Å². The fraction of sp³-hybridized carbons (Fsp3) is 0.100. The van der Waals surface area contributed by atoms with Crippen LogP contribution >= 0.6 is 45.3 Å². The molecule has 6 rings (SSSR count).